The Bertz CT molecular complexity index is 541. The second-order valence-electron chi connectivity index (χ2n) is 4.78. The van der Waals surface area contributed by atoms with Crippen LogP contribution < -0.4 is 5.73 Å². The van der Waals surface area contributed by atoms with Crippen molar-refractivity contribution >= 4 is 19.3 Å². The summed E-state index contributed by atoms with van der Waals surface area (Å²) in [5.41, 5.74) is 6.08. The Labute approximate surface area is 121 Å². The van der Waals surface area contributed by atoms with E-state index in [1.807, 2.05) is 0 Å². The van der Waals surface area contributed by atoms with Gasteiger partial charge < -0.3 is 20.6 Å². The van der Waals surface area contributed by atoms with E-state index in [4.69, 9.17) is 20.6 Å². The second kappa shape index (κ2) is 7.47. The molecule has 0 radical (unpaired) electrons. The zero-order chi connectivity index (χ0) is 16.0. The Balaban J connectivity index is 2.93. The lowest BCUT2D eigenvalue weighted by Crippen LogP contribution is -2.38. The van der Waals surface area contributed by atoms with Crippen molar-refractivity contribution in [3.05, 3.63) is 35.9 Å². The molecule has 0 aliphatic rings. The second-order valence-corrected chi connectivity index (χ2v) is 6.47. The van der Waals surface area contributed by atoms with Gasteiger partial charge in [-0.25, -0.2) is 0 Å². The van der Waals surface area contributed by atoms with E-state index in [1.54, 1.807) is 18.2 Å². The highest BCUT2D eigenvalue weighted by molar-refractivity contribution is 7.51. The number of carbonyl (C=O) groups is 2. The van der Waals surface area contributed by atoms with E-state index >= 15 is 0 Å². The van der Waals surface area contributed by atoms with Gasteiger partial charge in [0.15, 0.2) is 5.78 Å². The lowest BCUT2D eigenvalue weighted by atomic mass is 9.90. The van der Waals surface area contributed by atoms with E-state index in [1.165, 1.54) is 12.1 Å². The summed E-state index contributed by atoms with van der Waals surface area (Å²) in [7, 11) is -4.45. The highest BCUT2D eigenvalue weighted by atomic mass is 31.2. The molecule has 7 nitrogen and oxygen atoms in total. The van der Waals surface area contributed by atoms with Crippen molar-refractivity contribution in [1.82, 2.24) is 0 Å². The fourth-order valence-corrected chi connectivity index (χ4v) is 2.93. The smallest absolute Gasteiger partial charge is 0.326 e. The Morgan fingerprint density at radius 1 is 1.19 bits per heavy atom. The van der Waals surface area contributed by atoms with Crippen molar-refractivity contribution in [2.45, 2.75) is 18.9 Å². The van der Waals surface area contributed by atoms with Gasteiger partial charge in [-0.15, -0.1) is 0 Å². The first-order chi connectivity index (χ1) is 9.70. The van der Waals surface area contributed by atoms with Crippen molar-refractivity contribution in [3.8, 4) is 0 Å². The van der Waals surface area contributed by atoms with Crippen LogP contribution in [0.4, 0.5) is 0 Å². The molecule has 0 saturated heterocycles. The maximum atomic E-state index is 12.3. The minimum absolute atomic E-state index is 0.0292. The molecule has 0 heterocycles. The van der Waals surface area contributed by atoms with Gasteiger partial charge in [-0.3, -0.25) is 14.2 Å². The van der Waals surface area contributed by atoms with Crippen molar-refractivity contribution < 1.29 is 29.0 Å². The van der Waals surface area contributed by atoms with Crippen LogP contribution in [-0.2, 0) is 9.36 Å². The third-order valence-electron chi connectivity index (χ3n) is 3.04. The molecule has 0 aromatic heterocycles. The molecule has 116 valence electrons. The van der Waals surface area contributed by atoms with Crippen LogP contribution in [0.3, 0.4) is 0 Å². The fourth-order valence-electron chi connectivity index (χ4n) is 1.98. The van der Waals surface area contributed by atoms with Gasteiger partial charge in [0.2, 0.25) is 0 Å². The molecule has 1 aromatic rings. The predicted octanol–water partition coefficient (Wildman–Crippen LogP) is 0.855. The van der Waals surface area contributed by atoms with E-state index in [0.29, 0.717) is 5.56 Å². The molecule has 1 rings (SSSR count). The zero-order valence-corrected chi connectivity index (χ0v) is 12.1. The normalized spacial score (nSPS) is 14.4. The number of carboxylic acids is 1. The molecule has 0 aliphatic carbocycles. The quantitative estimate of drug-likeness (QED) is 0.412. The molecule has 0 bridgehead atoms. The summed E-state index contributed by atoms with van der Waals surface area (Å²) in [5.74, 6) is -2.68. The van der Waals surface area contributed by atoms with Crippen LogP contribution in [-0.4, -0.2) is 38.8 Å². The Morgan fingerprint density at radius 3 is 2.24 bits per heavy atom. The Kier molecular flexibility index (Phi) is 6.23. The number of Topliss-reactive ketones (excluding diaryl/α,β-unsaturated/α-hetero) is 1. The monoisotopic (exact) mass is 315 g/mol. The summed E-state index contributed by atoms with van der Waals surface area (Å²) in [6.07, 6.45) is -0.985. The number of nitrogens with two attached hydrogens (primary N) is 1. The lowest BCUT2D eigenvalue weighted by Gasteiger charge is -2.22. The van der Waals surface area contributed by atoms with Crippen LogP contribution in [0, 0.1) is 5.92 Å². The number of ketones is 1. The molecular weight excluding hydrogens is 297 g/mol. The summed E-state index contributed by atoms with van der Waals surface area (Å²) >= 11 is 0. The molecule has 0 aliphatic heterocycles. The van der Waals surface area contributed by atoms with Crippen LogP contribution >= 0.6 is 7.60 Å². The van der Waals surface area contributed by atoms with Crippen molar-refractivity contribution in [2.75, 3.05) is 6.16 Å². The van der Waals surface area contributed by atoms with Crippen LogP contribution in [0.1, 0.15) is 23.2 Å². The number of carbonyl (C=O) groups excluding carboxylic acids is 1. The standard InChI is InChI=1S/C13H18NO6P/c14-11(6-7-12(15)16)10(8-21(18,19)20)13(17)9-4-2-1-3-5-9/h1-5,10-11H,6-8,14H2,(H,15,16)(H2,18,19,20). The zero-order valence-electron chi connectivity index (χ0n) is 11.3. The van der Waals surface area contributed by atoms with E-state index in [9.17, 15) is 14.2 Å². The lowest BCUT2D eigenvalue weighted by molar-refractivity contribution is -0.137. The summed E-state index contributed by atoms with van der Waals surface area (Å²) in [5, 5.41) is 8.64. The van der Waals surface area contributed by atoms with E-state index < -0.39 is 37.5 Å². The third-order valence-corrected chi connectivity index (χ3v) is 3.91. The van der Waals surface area contributed by atoms with Crippen LogP contribution in [0.2, 0.25) is 0 Å². The average molecular weight is 315 g/mol. The SMILES string of the molecule is NC(CCC(=O)O)C(CP(=O)(O)O)C(=O)c1ccccc1. The molecule has 5 N–H and O–H groups in total. The molecule has 2 atom stereocenters. The highest BCUT2D eigenvalue weighted by Gasteiger charge is 2.33. The summed E-state index contributed by atoms with van der Waals surface area (Å²) < 4.78 is 11.2. The number of aliphatic carboxylic acids is 1. The van der Waals surface area contributed by atoms with E-state index in [0.717, 1.165) is 0 Å². The maximum Gasteiger partial charge on any atom is 0.326 e. The van der Waals surface area contributed by atoms with Crippen molar-refractivity contribution in [2.24, 2.45) is 11.7 Å². The molecule has 0 spiro atoms. The number of hydrogen-bond donors (Lipinski definition) is 4. The van der Waals surface area contributed by atoms with Gasteiger partial charge in [0.25, 0.3) is 0 Å². The Morgan fingerprint density at radius 2 is 1.76 bits per heavy atom. The molecular formula is C13H18NO6P. The molecule has 1 aromatic carbocycles. The first kappa shape index (κ1) is 17.5. The number of carboxylic acid groups (broad SMARTS) is 1. The van der Waals surface area contributed by atoms with Gasteiger partial charge in [-0.05, 0) is 6.42 Å². The van der Waals surface area contributed by atoms with E-state index in [2.05, 4.69) is 0 Å². The van der Waals surface area contributed by atoms with Crippen LogP contribution in [0.5, 0.6) is 0 Å². The predicted molar refractivity (Wildman–Crippen MR) is 76.0 cm³/mol. The number of hydrogen-bond acceptors (Lipinski definition) is 4. The molecule has 8 heteroatoms. The van der Waals surface area contributed by atoms with Gasteiger partial charge in [0.1, 0.15) is 0 Å². The van der Waals surface area contributed by atoms with Gasteiger partial charge >= 0.3 is 13.6 Å². The van der Waals surface area contributed by atoms with Gasteiger partial charge in [-0.2, -0.15) is 0 Å². The van der Waals surface area contributed by atoms with Gasteiger partial charge in [-0.1, -0.05) is 30.3 Å². The third kappa shape index (κ3) is 6.18. The summed E-state index contributed by atoms with van der Waals surface area (Å²) in [6.45, 7) is 0. The fraction of sp³-hybridized carbons (Fsp3) is 0.385. The van der Waals surface area contributed by atoms with E-state index in [-0.39, 0.29) is 12.8 Å². The number of rotatable bonds is 8. The molecule has 0 fully saturated rings. The van der Waals surface area contributed by atoms with Crippen LogP contribution in [0.15, 0.2) is 30.3 Å². The van der Waals surface area contributed by atoms with Crippen LogP contribution in [0.25, 0.3) is 0 Å². The average Bonchev–Trinajstić information content (AvgIpc) is 2.41. The maximum absolute atomic E-state index is 12.3. The first-order valence-electron chi connectivity index (χ1n) is 6.32. The minimum Gasteiger partial charge on any atom is -0.481 e. The molecule has 2 unspecified atom stereocenters. The summed E-state index contributed by atoms with van der Waals surface area (Å²) in [4.78, 5) is 41.1. The van der Waals surface area contributed by atoms with Gasteiger partial charge in [0, 0.05) is 23.9 Å². The number of benzene rings is 1. The topological polar surface area (TPSA) is 138 Å². The highest BCUT2D eigenvalue weighted by Crippen LogP contribution is 2.38. The van der Waals surface area contributed by atoms with Gasteiger partial charge in [0.05, 0.1) is 6.16 Å². The van der Waals surface area contributed by atoms with Crippen molar-refractivity contribution in [1.29, 1.82) is 0 Å². The van der Waals surface area contributed by atoms with Crippen molar-refractivity contribution in [3.63, 3.8) is 0 Å². The Hall–Kier alpha value is -1.53. The molecule has 21 heavy (non-hydrogen) atoms. The first-order valence-corrected chi connectivity index (χ1v) is 8.11. The minimum atomic E-state index is -4.45. The summed E-state index contributed by atoms with van der Waals surface area (Å²) in [6, 6.07) is 7.09. The largest absolute Gasteiger partial charge is 0.481 e. The molecule has 0 amide bonds. The molecule has 0 saturated carbocycles.